The highest BCUT2D eigenvalue weighted by Crippen LogP contribution is 2.34. The zero-order chi connectivity index (χ0) is 17.3. The second-order valence-corrected chi connectivity index (χ2v) is 7.26. The van der Waals surface area contributed by atoms with E-state index >= 15 is 0 Å². The number of aryl methyl sites for hydroxylation is 1. The molecule has 2 aromatic rings. The van der Waals surface area contributed by atoms with E-state index in [9.17, 15) is 9.90 Å². The number of esters is 1. The first-order valence-electron chi connectivity index (χ1n) is 8.53. The minimum atomic E-state index is -0.309. The Bertz CT molecular complexity index is 763. The zero-order valence-corrected chi connectivity index (χ0v) is 15.8. The average molecular weight is 396 g/mol. The van der Waals surface area contributed by atoms with Crippen molar-refractivity contribution in [2.75, 3.05) is 19.7 Å². The number of quaternary nitrogens is 1. The molecule has 3 rings (SSSR count). The number of aromatic nitrogens is 1. The van der Waals surface area contributed by atoms with E-state index in [0.717, 1.165) is 36.2 Å². The van der Waals surface area contributed by atoms with E-state index in [1.807, 2.05) is 20.0 Å². The number of ether oxygens (including phenoxy) is 1. The molecule has 0 bridgehead atoms. The minimum Gasteiger partial charge on any atom is -0.507 e. The number of benzene rings is 1. The van der Waals surface area contributed by atoms with Crippen molar-refractivity contribution in [1.29, 1.82) is 0 Å². The summed E-state index contributed by atoms with van der Waals surface area (Å²) in [6.45, 7) is 5.23. The van der Waals surface area contributed by atoms with Gasteiger partial charge in [0.15, 0.2) is 0 Å². The largest absolute Gasteiger partial charge is 0.507 e. The van der Waals surface area contributed by atoms with Gasteiger partial charge in [-0.05, 0) is 54.2 Å². The highest BCUT2D eigenvalue weighted by Gasteiger charge is 2.27. The molecule has 1 fully saturated rings. The summed E-state index contributed by atoms with van der Waals surface area (Å²) in [5, 5.41) is 10.8. The molecule has 0 radical (unpaired) electrons. The fourth-order valence-corrected chi connectivity index (χ4v) is 3.93. The number of piperidine rings is 1. The molecule has 1 aliphatic rings. The molecular weight excluding hydrogens is 372 g/mol. The molecule has 1 aromatic heterocycles. The molecule has 24 heavy (non-hydrogen) atoms. The summed E-state index contributed by atoms with van der Waals surface area (Å²) in [6, 6.07) is 3.52. The molecule has 0 atom stereocenters. The number of halogens is 1. The van der Waals surface area contributed by atoms with E-state index in [1.165, 1.54) is 24.2 Å². The van der Waals surface area contributed by atoms with Gasteiger partial charge in [-0.1, -0.05) is 0 Å². The van der Waals surface area contributed by atoms with Crippen LogP contribution in [-0.2, 0) is 18.3 Å². The number of fused-ring (bicyclic) bond motifs is 1. The normalized spacial score (nSPS) is 15.8. The second kappa shape index (κ2) is 7.15. The SMILES string of the molecule is CCOC(=O)c1c(C[NH+]2CCCCC2)n(C)c2cc(Br)c(O)cc12. The topological polar surface area (TPSA) is 55.9 Å². The van der Waals surface area contributed by atoms with Crippen molar-refractivity contribution in [2.45, 2.75) is 32.7 Å². The maximum absolute atomic E-state index is 12.6. The van der Waals surface area contributed by atoms with Crippen molar-refractivity contribution in [3.05, 3.63) is 27.9 Å². The van der Waals surface area contributed by atoms with E-state index in [-0.39, 0.29) is 11.7 Å². The lowest BCUT2D eigenvalue weighted by atomic mass is 10.1. The van der Waals surface area contributed by atoms with Crippen molar-refractivity contribution in [1.82, 2.24) is 4.57 Å². The zero-order valence-electron chi connectivity index (χ0n) is 14.2. The number of nitrogens with zero attached hydrogens (tertiary/aromatic N) is 1. The van der Waals surface area contributed by atoms with Gasteiger partial charge in [0.05, 0.1) is 40.9 Å². The quantitative estimate of drug-likeness (QED) is 0.781. The van der Waals surface area contributed by atoms with Crippen LogP contribution in [0.25, 0.3) is 10.9 Å². The van der Waals surface area contributed by atoms with Gasteiger partial charge in [-0.3, -0.25) is 0 Å². The first-order valence-corrected chi connectivity index (χ1v) is 9.32. The summed E-state index contributed by atoms with van der Waals surface area (Å²) in [7, 11) is 1.98. The maximum atomic E-state index is 12.6. The molecule has 2 N–H and O–H groups in total. The van der Waals surface area contributed by atoms with Gasteiger partial charge in [0, 0.05) is 12.4 Å². The van der Waals surface area contributed by atoms with Crippen molar-refractivity contribution < 1.29 is 19.5 Å². The molecule has 0 saturated carbocycles. The molecule has 1 aromatic carbocycles. The molecule has 1 saturated heterocycles. The lowest BCUT2D eigenvalue weighted by molar-refractivity contribution is -0.918. The molecule has 1 aliphatic heterocycles. The number of phenols is 1. The van der Waals surface area contributed by atoms with E-state index < -0.39 is 0 Å². The molecule has 0 amide bonds. The summed E-state index contributed by atoms with van der Waals surface area (Å²) in [5.74, 6) is -0.174. The van der Waals surface area contributed by atoms with Gasteiger partial charge in [0.2, 0.25) is 0 Å². The Balaban J connectivity index is 2.12. The molecule has 6 heteroatoms. The number of hydrogen-bond donors (Lipinski definition) is 2. The lowest BCUT2D eigenvalue weighted by Crippen LogP contribution is -3.11. The van der Waals surface area contributed by atoms with Crippen LogP contribution in [0.5, 0.6) is 5.75 Å². The van der Waals surface area contributed by atoms with Crippen LogP contribution in [0.1, 0.15) is 42.2 Å². The fourth-order valence-electron chi connectivity index (χ4n) is 3.60. The smallest absolute Gasteiger partial charge is 0.340 e. The Morgan fingerprint density at radius 2 is 2.04 bits per heavy atom. The Morgan fingerprint density at radius 1 is 1.33 bits per heavy atom. The number of likely N-dealkylation sites (tertiary alicyclic amines) is 1. The van der Waals surface area contributed by atoms with Gasteiger partial charge >= 0.3 is 5.97 Å². The minimum absolute atomic E-state index is 0.135. The van der Waals surface area contributed by atoms with Crippen LogP contribution in [0.4, 0.5) is 0 Å². The van der Waals surface area contributed by atoms with E-state index in [0.29, 0.717) is 16.6 Å². The summed E-state index contributed by atoms with van der Waals surface area (Å²) in [4.78, 5) is 14.1. The number of carbonyl (C=O) groups is 1. The predicted octanol–water partition coefficient (Wildman–Crippen LogP) is 2.39. The van der Waals surface area contributed by atoms with E-state index in [2.05, 4.69) is 20.5 Å². The summed E-state index contributed by atoms with van der Waals surface area (Å²) in [5.41, 5.74) is 2.50. The predicted molar refractivity (Wildman–Crippen MR) is 96.5 cm³/mol. The first kappa shape index (κ1) is 17.3. The third kappa shape index (κ3) is 3.17. The summed E-state index contributed by atoms with van der Waals surface area (Å²) in [6.07, 6.45) is 3.77. The summed E-state index contributed by atoms with van der Waals surface area (Å²) >= 11 is 3.37. The Hall–Kier alpha value is -1.53. The Kier molecular flexibility index (Phi) is 5.15. The van der Waals surface area contributed by atoms with Gasteiger partial charge in [0.1, 0.15) is 12.3 Å². The van der Waals surface area contributed by atoms with E-state index in [4.69, 9.17) is 4.74 Å². The van der Waals surface area contributed by atoms with Crippen molar-refractivity contribution in [3.63, 3.8) is 0 Å². The molecule has 0 spiro atoms. The van der Waals surface area contributed by atoms with Crippen molar-refractivity contribution in [2.24, 2.45) is 7.05 Å². The second-order valence-electron chi connectivity index (χ2n) is 6.41. The van der Waals surface area contributed by atoms with Crippen LogP contribution in [0.2, 0.25) is 0 Å². The van der Waals surface area contributed by atoms with Gasteiger partial charge in [-0.25, -0.2) is 4.79 Å². The summed E-state index contributed by atoms with van der Waals surface area (Å²) < 4.78 is 7.98. The van der Waals surface area contributed by atoms with Crippen LogP contribution in [0.3, 0.4) is 0 Å². The highest BCUT2D eigenvalue weighted by molar-refractivity contribution is 9.10. The fraction of sp³-hybridized carbons (Fsp3) is 0.500. The lowest BCUT2D eigenvalue weighted by Gasteiger charge is -2.24. The first-order chi connectivity index (χ1) is 11.5. The van der Waals surface area contributed by atoms with Crippen LogP contribution in [-0.4, -0.2) is 35.3 Å². The molecule has 2 heterocycles. The van der Waals surface area contributed by atoms with Crippen LogP contribution in [0, 0.1) is 0 Å². The van der Waals surface area contributed by atoms with Gasteiger partial charge < -0.3 is 19.3 Å². The molecule has 5 nitrogen and oxygen atoms in total. The number of rotatable bonds is 4. The molecular formula is C18H24BrN2O3+. The van der Waals surface area contributed by atoms with Gasteiger partial charge in [0.25, 0.3) is 0 Å². The third-order valence-electron chi connectivity index (χ3n) is 4.85. The van der Waals surface area contributed by atoms with Crippen LogP contribution in [0.15, 0.2) is 16.6 Å². The van der Waals surface area contributed by atoms with Gasteiger partial charge in [-0.2, -0.15) is 0 Å². The number of phenolic OH excluding ortho intramolecular Hbond substituents is 1. The third-order valence-corrected chi connectivity index (χ3v) is 5.48. The van der Waals surface area contributed by atoms with Crippen LogP contribution >= 0.6 is 15.9 Å². The Morgan fingerprint density at radius 3 is 2.71 bits per heavy atom. The maximum Gasteiger partial charge on any atom is 0.340 e. The van der Waals surface area contributed by atoms with Crippen molar-refractivity contribution >= 4 is 32.8 Å². The van der Waals surface area contributed by atoms with Crippen LogP contribution < -0.4 is 4.90 Å². The Labute approximate surface area is 150 Å². The monoisotopic (exact) mass is 395 g/mol. The molecule has 130 valence electrons. The molecule has 0 unspecified atom stereocenters. The number of carbonyl (C=O) groups excluding carboxylic acids is 1. The average Bonchev–Trinajstić information content (AvgIpc) is 2.82. The van der Waals surface area contributed by atoms with Gasteiger partial charge in [-0.15, -0.1) is 0 Å². The molecule has 0 aliphatic carbocycles. The van der Waals surface area contributed by atoms with E-state index in [1.54, 1.807) is 6.07 Å². The number of nitrogens with one attached hydrogen (secondary N) is 1. The number of hydrogen-bond acceptors (Lipinski definition) is 3. The standard InChI is InChI=1S/C18H23BrN2O3/c1-3-24-18(23)17-12-9-16(22)13(19)10-14(12)20(2)15(17)11-21-7-5-4-6-8-21/h9-10,22H,3-8,11H2,1-2H3/p+1. The highest BCUT2D eigenvalue weighted by atomic mass is 79.9. The number of aromatic hydroxyl groups is 1. The van der Waals surface area contributed by atoms with Crippen molar-refractivity contribution in [3.8, 4) is 5.75 Å².